The highest BCUT2D eigenvalue weighted by molar-refractivity contribution is 5.78. The molecule has 5 nitrogen and oxygen atoms in total. The monoisotopic (exact) mass is 354 g/mol. The number of hydrogen-bond donors (Lipinski definition) is 1. The first-order valence-corrected chi connectivity index (χ1v) is 9.41. The molecule has 1 spiro atoms. The van der Waals surface area contributed by atoms with Crippen molar-refractivity contribution in [2.75, 3.05) is 27.2 Å². The molecule has 1 aromatic carbocycles. The zero-order chi connectivity index (χ0) is 19.0. The van der Waals surface area contributed by atoms with Crippen LogP contribution in [0.5, 0.6) is 0 Å². The molecule has 2 aliphatic rings. The maximum atomic E-state index is 12.5. The lowest BCUT2D eigenvalue weighted by atomic mass is 9.69. The van der Waals surface area contributed by atoms with Gasteiger partial charge in [-0.2, -0.15) is 0 Å². The topological polar surface area (TPSA) is 39.9 Å². The van der Waals surface area contributed by atoms with E-state index in [0.717, 1.165) is 25.7 Å². The van der Waals surface area contributed by atoms with E-state index in [2.05, 4.69) is 59.5 Å². The Morgan fingerprint density at radius 3 is 2.35 bits per heavy atom. The lowest BCUT2D eigenvalue weighted by Crippen LogP contribution is -2.54. The van der Waals surface area contributed by atoms with Crippen LogP contribution in [0.25, 0.3) is 4.85 Å². The number of amides is 2. The number of carbonyl (C=O) groups excluding carboxylic acids is 1. The van der Waals surface area contributed by atoms with Gasteiger partial charge in [0.15, 0.2) is 0 Å². The summed E-state index contributed by atoms with van der Waals surface area (Å²) in [6, 6.07) is 10.7. The zero-order valence-electron chi connectivity index (χ0n) is 16.4. The number of urea groups is 1. The van der Waals surface area contributed by atoms with Crippen LogP contribution in [0.4, 0.5) is 4.79 Å². The molecule has 2 amide bonds. The fourth-order valence-corrected chi connectivity index (χ4v) is 4.58. The Bertz CT molecular complexity index is 696. The number of nitrogens with one attached hydrogen (secondary N) is 1. The quantitative estimate of drug-likeness (QED) is 0.841. The van der Waals surface area contributed by atoms with Crippen molar-refractivity contribution in [1.82, 2.24) is 15.1 Å². The molecule has 26 heavy (non-hydrogen) atoms. The molecule has 0 aromatic heterocycles. The predicted molar refractivity (Wildman–Crippen MR) is 104 cm³/mol. The lowest BCUT2D eigenvalue weighted by molar-refractivity contribution is 0.0616. The maximum Gasteiger partial charge on any atom is 0.318 e. The molecule has 1 aromatic rings. The molecular formula is C21H30N4O. The van der Waals surface area contributed by atoms with Crippen LogP contribution in [0.1, 0.15) is 45.1 Å². The first-order valence-electron chi connectivity index (χ1n) is 9.41. The molecule has 1 aliphatic heterocycles. The van der Waals surface area contributed by atoms with Crippen LogP contribution < -0.4 is 5.32 Å². The van der Waals surface area contributed by atoms with Gasteiger partial charge in [0.05, 0.1) is 12.1 Å². The van der Waals surface area contributed by atoms with Gasteiger partial charge in [-0.05, 0) is 45.3 Å². The van der Waals surface area contributed by atoms with Gasteiger partial charge < -0.3 is 15.1 Å². The van der Waals surface area contributed by atoms with Gasteiger partial charge in [-0.3, -0.25) is 4.90 Å². The lowest BCUT2D eigenvalue weighted by Gasteiger charge is -2.48. The third kappa shape index (κ3) is 3.31. The average Bonchev–Trinajstić information content (AvgIpc) is 2.91. The summed E-state index contributed by atoms with van der Waals surface area (Å²) in [7, 11) is 4.31. The van der Waals surface area contributed by atoms with E-state index in [9.17, 15) is 4.79 Å². The van der Waals surface area contributed by atoms with Gasteiger partial charge >= 0.3 is 6.03 Å². The number of carbonyl (C=O) groups is 1. The van der Waals surface area contributed by atoms with Crippen LogP contribution >= 0.6 is 0 Å². The highest BCUT2D eigenvalue weighted by Gasteiger charge is 2.51. The fourth-order valence-electron chi connectivity index (χ4n) is 4.58. The molecule has 140 valence electrons. The molecule has 1 saturated carbocycles. The van der Waals surface area contributed by atoms with Gasteiger partial charge in [-0.15, -0.1) is 0 Å². The van der Waals surface area contributed by atoms with E-state index in [-0.39, 0.29) is 17.1 Å². The predicted octanol–water partition coefficient (Wildman–Crippen LogP) is 3.48. The second-order valence-corrected chi connectivity index (χ2v) is 8.78. The second kappa shape index (κ2) is 6.59. The summed E-state index contributed by atoms with van der Waals surface area (Å²) < 4.78 is 0. The number of rotatable bonds is 4. The summed E-state index contributed by atoms with van der Waals surface area (Å²) in [5.41, 5.74) is 0.703. The van der Waals surface area contributed by atoms with Crippen LogP contribution in [-0.4, -0.2) is 54.1 Å². The van der Waals surface area contributed by atoms with Crippen molar-refractivity contribution in [1.29, 1.82) is 0 Å². The van der Waals surface area contributed by atoms with Crippen LogP contribution in [0.2, 0.25) is 0 Å². The Kier molecular flexibility index (Phi) is 4.74. The van der Waals surface area contributed by atoms with Gasteiger partial charge in [0.1, 0.15) is 0 Å². The first kappa shape index (κ1) is 18.7. The van der Waals surface area contributed by atoms with Crippen molar-refractivity contribution < 1.29 is 4.79 Å². The van der Waals surface area contributed by atoms with Crippen LogP contribution in [0.15, 0.2) is 30.3 Å². The maximum absolute atomic E-state index is 12.5. The Morgan fingerprint density at radius 2 is 1.81 bits per heavy atom. The van der Waals surface area contributed by atoms with Crippen LogP contribution in [0, 0.1) is 6.57 Å². The third-order valence-electron chi connectivity index (χ3n) is 6.23. The second-order valence-electron chi connectivity index (χ2n) is 8.78. The van der Waals surface area contributed by atoms with Crippen molar-refractivity contribution in [3.63, 3.8) is 0 Å². The standard InChI is InChI=1S/C21H30N4O/c1-19(2,22-3)15-25-16-20(23-18(25)26)11-13-21(14-12-20,24(4)5)17-9-7-6-8-10-17/h6-10H,11-16H2,1-2,4-5H3,(H,23,26). The van der Waals surface area contributed by atoms with E-state index in [1.54, 1.807) is 0 Å². The molecule has 1 saturated heterocycles. The van der Waals surface area contributed by atoms with Crippen molar-refractivity contribution in [3.8, 4) is 0 Å². The van der Waals surface area contributed by atoms with E-state index < -0.39 is 5.54 Å². The highest BCUT2D eigenvalue weighted by atomic mass is 16.2. The van der Waals surface area contributed by atoms with Crippen LogP contribution in [0.3, 0.4) is 0 Å². The molecule has 0 unspecified atom stereocenters. The number of nitrogens with zero attached hydrogens (tertiary/aromatic N) is 3. The van der Waals surface area contributed by atoms with Crippen molar-refractivity contribution in [2.45, 2.75) is 56.1 Å². The van der Waals surface area contributed by atoms with Crippen molar-refractivity contribution in [3.05, 3.63) is 47.3 Å². The zero-order valence-corrected chi connectivity index (χ0v) is 16.4. The van der Waals surface area contributed by atoms with E-state index in [4.69, 9.17) is 6.57 Å². The van der Waals surface area contributed by atoms with Gasteiger partial charge in [0, 0.05) is 25.9 Å². The SMILES string of the molecule is [C-]#[N+]C(C)(C)CN1CC2(CCC(c3ccccc3)(N(C)C)CC2)NC1=O. The highest BCUT2D eigenvalue weighted by Crippen LogP contribution is 2.46. The van der Waals surface area contributed by atoms with Gasteiger partial charge in [-0.25, -0.2) is 11.4 Å². The van der Waals surface area contributed by atoms with E-state index in [0.29, 0.717) is 13.1 Å². The third-order valence-corrected chi connectivity index (χ3v) is 6.23. The summed E-state index contributed by atoms with van der Waals surface area (Å²) in [6.07, 6.45) is 3.95. The Balaban J connectivity index is 1.75. The minimum absolute atomic E-state index is 0.0150. The molecule has 1 N–H and O–H groups in total. The Hall–Kier alpha value is -2.06. The fraction of sp³-hybridized carbons (Fsp3) is 0.619. The molecular weight excluding hydrogens is 324 g/mol. The molecule has 0 atom stereocenters. The summed E-state index contributed by atoms with van der Waals surface area (Å²) in [4.78, 5) is 20.3. The van der Waals surface area contributed by atoms with Crippen LogP contribution in [-0.2, 0) is 5.54 Å². The van der Waals surface area contributed by atoms with Gasteiger partial charge in [-0.1, -0.05) is 30.3 Å². The van der Waals surface area contributed by atoms with Crippen molar-refractivity contribution in [2.24, 2.45) is 0 Å². The van der Waals surface area contributed by atoms with Crippen molar-refractivity contribution >= 4 is 6.03 Å². The summed E-state index contributed by atoms with van der Waals surface area (Å²) in [6.45, 7) is 12.3. The largest absolute Gasteiger partial charge is 0.331 e. The number of benzene rings is 1. The molecule has 3 rings (SSSR count). The molecule has 0 radical (unpaired) electrons. The number of hydrogen-bond acceptors (Lipinski definition) is 2. The minimum Gasteiger partial charge on any atom is -0.331 e. The Labute approximate surface area is 157 Å². The van der Waals surface area contributed by atoms with E-state index in [1.165, 1.54) is 5.56 Å². The van der Waals surface area contributed by atoms with E-state index in [1.807, 2.05) is 18.7 Å². The average molecular weight is 354 g/mol. The van der Waals surface area contributed by atoms with Gasteiger partial charge in [0.25, 0.3) is 0 Å². The normalized spacial score (nSPS) is 29.1. The molecule has 1 aliphatic carbocycles. The first-order chi connectivity index (χ1) is 12.2. The van der Waals surface area contributed by atoms with Gasteiger partial charge in [0.2, 0.25) is 5.54 Å². The summed E-state index contributed by atoms with van der Waals surface area (Å²) in [5, 5.41) is 3.26. The minimum atomic E-state index is -0.533. The molecule has 2 fully saturated rings. The smallest absolute Gasteiger partial charge is 0.318 e. The molecule has 0 bridgehead atoms. The molecule has 1 heterocycles. The summed E-state index contributed by atoms with van der Waals surface area (Å²) in [5.74, 6) is 0. The Morgan fingerprint density at radius 1 is 1.19 bits per heavy atom. The van der Waals surface area contributed by atoms with E-state index >= 15 is 0 Å². The summed E-state index contributed by atoms with van der Waals surface area (Å²) >= 11 is 0. The molecule has 5 heteroatoms.